The molecule has 3 N–H and O–H groups in total. The fourth-order valence-electron chi connectivity index (χ4n) is 4.84. The van der Waals surface area contributed by atoms with E-state index in [0.29, 0.717) is 18.2 Å². The first-order valence-electron chi connectivity index (χ1n) is 11.1. The largest absolute Gasteiger partial charge is 0.399 e. The molecule has 5 nitrogen and oxygen atoms in total. The summed E-state index contributed by atoms with van der Waals surface area (Å²) in [5, 5.41) is 3.13. The number of anilines is 2. The van der Waals surface area contributed by atoms with E-state index in [1.165, 1.54) is 24.8 Å². The van der Waals surface area contributed by atoms with E-state index in [4.69, 9.17) is 15.7 Å². The highest BCUT2D eigenvalue weighted by atomic mass is 32.2. The molecule has 2 aromatic rings. The van der Waals surface area contributed by atoms with Crippen molar-refractivity contribution >= 4 is 34.1 Å². The number of aryl methyl sites for hydroxylation is 2. The summed E-state index contributed by atoms with van der Waals surface area (Å²) in [4.78, 5) is 23.9. The molecule has 3 aliphatic rings. The number of fused-ring (bicyclic) bond motifs is 3. The van der Waals surface area contributed by atoms with E-state index in [2.05, 4.69) is 17.5 Å². The molecule has 1 aliphatic heterocycles. The molecule has 0 unspecified atom stereocenters. The lowest BCUT2D eigenvalue weighted by atomic mass is 9.87. The van der Waals surface area contributed by atoms with E-state index in [1.807, 2.05) is 12.1 Å². The molecule has 1 saturated carbocycles. The van der Waals surface area contributed by atoms with Crippen LogP contribution >= 0.6 is 11.8 Å². The van der Waals surface area contributed by atoms with Crippen molar-refractivity contribution in [1.29, 1.82) is 0 Å². The molecule has 156 valence electrons. The predicted molar refractivity (Wildman–Crippen MR) is 124 cm³/mol. The first-order chi connectivity index (χ1) is 14.7. The standard InChI is InChI=1S/C24H28N4OS/c25-17-9-10-18-16(14-17)8-11-19-22(18)28-23(20-7-4-12-30-20)24(26-19)27-21(29)13-15-5-2-1-3-6-15/h7,9-10,14-15H,1-6,8,11-13,25H2,(H,26,27,29). The Morgan fingerprint density at radius 2 is 2.00 bits per heavy atom. The Balaban J connectivity index is 1.48. The highest BCUT2D eigenvalue weighted by molar-refractivity contribution is 8.08. The van der Waals surface area contributed by atoms with Gasteiger partial charge in [-0.2, -0.15) is 0 Å². The first kappa shape index (κ1) is 19.6. The predicted octanol–water partition coefficient (Wildman–Crippen LogP) is 5.21. The van der Waals surface area contributed by atoms with Crippen LogP contribution in [0.5, 0.6) is 0 Å². The summed E-state index contributed by atoms with van der Waals surface area (Å²) in [5.74, 6) is 2.26. The van der Waals surface area contributed by atoms with Crippen LogP contribution in [0.25, 0.3) is 16.2 Å². The molecule has 0 radical (unpaired) electrons. The molecule has 2 aliphatic carbocycles. The van der Waals surface area contributed by atoms with Crippen LogP contribution in [-0.4, -0.2) is 21.6 Å². The lowest BCUT2D eigenvalue weighted by molar-refractivity contribution is -0.117. The second-order valence-corrected chi connectivity index (χ2v) is 9.73. The Kier molecular flexibility index (Phi) is 5.50. The summed E-state index contributed by atoms with van der Waals surface area (Å²) >= 11 is 1.79. The highest BCUT2D eigenvalue weighted by Crippen LogP contribution is 2.40. The third-order valence-corrected chi connectivity index (χ3v) is 7.49. The molecular formula is C24H28N4OS. The number of benzene rings is 1. The van der Waals surface area contributed by atoms with Crippen molar-refractivity contribution in [3.05, 3.63) is 41.2 Å². The topological polar surface area (TPSA) is 80.9 Å². The Morgan fingerprint density at radius 3 is 2.80 bits per heavy atom. The van der Waals surface area contributed by atoms with Gasteiger partial charge in [-0.1, -0.05) is 31.4 Å². The van der Waals surface area contributed by atoms with Crippen LogP contribution in [0.4, 0.5) is 11.5 Å². The van der Waals surface area contributed by atoms with Gasteiger partial charge in [-0.3, -0.25) is 4.79 Å². The number of hydrogen-bond donors (Lipinski definition) is 2. The zero-order valence-corrected chi connectivity index (χ0v) is 18.1. The number of amides is 1. The molecule has 1 aromatic carbocycles. The van der Waals surface area contributed by atoms with Crippen molar-refractivity contribution in [2.24, 2.45) is 5.92 Å². The Labute approximate surface area is 182 Å². The molecule has 0 atom stereocenters. The van der Waals surface area contributed by atoms with Crippen LogP contribution in [0.3, 0.4) is 0 Å². The average Bonchev–Trinajstić information content (AvgIpc) is 3.28. The highest BCUT2D eigenvalue weighted by Gasteiger charge is 2.26. The lowest BCUT2D eigenvalue weighted by Gasteiger charge is -2.23. The van der Waals surface area contributed by atoms with Crippen molar-refractivity contribution in [3.8, 4) is 11.3 Å². The molecule has 0 spiro atoms. The second kappa shape index (κ2) is 8.42. The Hall–Kier alpha value is -2.34. The van der Waals surface area contributed by atoms with Gasteiger partial charge in [0.05, 0.1) is 11.4 Å². The van der Waals surface area contributed by atoms with Gasteiger partial charge in [0.15, 0.2) is 5.82 Å². The maximum absolute atomic E-state index is 12.8. The normalized spacial score (nSPS) is 18.5. The van der Waals surface area contributed by atoms with Gasteiger partial charge in [0, 0.05) is 28.3 Å². The SMILES string of the molecule is Nc1ccc2c(c1)CCc1nc(NC(=O)CC3CCCCC3)c(C3=CCCS3)nc1-2. The molecule has 2 heterocycles. The smallest absolute Gasteiger partial charge is 0.225 e. The number of nitrogen functional groups attached to an aromatic ring is 1. The summed E-state index contributed by atoms with van der Waals surface area (Å²) < 4.78 is 0. The van der Waals surface area contributed by atoms with Gasteiger partial charge in [-0.15, -0.1) is 11.8 Å². The van der Waals surface area contributed by atoms with E-state index in [-0.39, 0.29) is 5.91 Å². The minimum absolute atomic E-state index is 0.0741. The third-order valence-electron chi connectivity index (χ3n) is 6.38. The van der Waals surface area contributed by atoms with Crippen LogP contribution in [0, 0.1) is 5.92 Å². The molecule has 5 rings (SSSR count). The van der Waals surface area contributed by atoms with Crippen molar-refractivity contribution in [2.75, 3.05) is 16.8 Å². The maximum atomic E-state index is 12.8. The summed E-state index contributed by atoms with van der Waals surface area (Å²) in [5.41, 5.74) is 11.8. The van der Waals surface area contributed by atoms with E-state index >= 15 is 0 Å². The van der Waals surface area contributed by atoms with Crippen LogP contribution < -0.4 is 11.1 Å². The molecule has 1 fully saturated rings. The molecule has 0 saturated heterocycles. The Bertz CT molecular complexity index is 1010. The lowest BCUT2D eigenvalue weighted by Crippen LogP contribution is -2.21. The number of nitrogens with zero attached hydrogens (tertiary/aromatic N) is 2. The molecule has 30 heavy (non-hydrogen) atoms. The molecule has 1 amide bonds. The number of hydrogen-bond acceptors (Lipinski definition) is 5. The monoisotopic (exact) mass is 420 g/mol. The van der Waals surface area contributed by atoms with Gasteiger partial charge in [0.1, 0.15) is 5.69 Å². The van der Waals surface area contributed by atoms with Gasteiger partial charge >= 0.3 is 0 Å². The number of aromatic nitrogens is 2. The van der Waals surface area contributed by atoms with Gasteiger partial charge in [-0.25, -0.2) is 9.97 Å². The summed E-state index contributed by atoms with van der Waals surface area (Å²) in [6.07, 6.45) is 11.7. The second-order valence-electron chi connectivity index (χ2n) is 8.59. The number of nitrogens with two attached hydrogens (primary N) is 1. The molecule has 0 bridgehead atoms. The number of allylic oxidation sites excluding steroid dienone is 1. The minimum atomic E-state index is 0.0741. The number of carbonyl (C=O) groups is 1. The van der Waals surface area contributed by atoms with Gasteiger partial charge in [0.2, 0.25) is 5.91 Å². The third kappa shape index (κ3) is 3.97. The zero-order valence-electron chi connectivity index (χ0n) is 17.2. The summed E-state index contributed by atoms with van der Waals surface area (Å²) in [7, 11) is 0. The molecule has 6 heteroatoms. The van der Waals surface area contributed by atoms with E-state index in [9.17, 15) is 4.79 Å². The number of nitrogens with one attached hydrogen (secondary N) is 1. The summed E-state index contributed by atoms with van der Waals surface area (Å²) in [6, 6.07) is 6.03. The number of carbonyl (C=O) groups excluding carboxylic acids is 1. The van der Waals surface area contributed by atoms with Crippen molar-refractivity contribution < 1.29 is 4.79 Å². The average molecular weight is 421 g/mol. The Morgan fingerprint density at radius 1 is 1.13 bits per heavy atom. The van der Waals surface area contributed by atoms with Crippen molar-refractivity contribution in [2.45, 2.75) is 57.8 Å². The van der Waals surface area contributed by atoms with E-state index < -0.39 is 0 Å². The fraction of sp³-hybridized carbons (Fsp3) is 0.458. The van der Waals surface area contributed by atoms with Gasteiger partial charge in [-0.05, 0) is 55.7 Å². The van der Waals surface area contributed by atoms with Crippen LogP contribution in [0.15, 0.2) is 24.3 Å². The number of thioether (sulfide) groups is 1. The van der Waals surface area contributed by atoms with Crippen molar-refractivity contribution in [1.82, 2.24) is 9.97 Å². The van der Waals surface area contributed by atoms with E-state index in [0.717, 1.165) is 71.1 Å². The molecular weight excluding hydrogens is 392 g/mol. The van der Waals surface area contributed by atoms with Crippen LogP contribution in [0.2, 0.25) is 0 Å². The summed E-state index contributed by atoms with van der Waals surface area (Å²) in [6.45, 7) is 0. The minimum Gasteiger partial charge on any atom is -0.399 e. The molecule has 1 aromatic heterocycles. The van der Waals surface area contributed by atoms with Crippen LogP contribution in [0.1, 0.15) is 61.9 Å². The fourth-order valence-corrected chi connectivity index (χ4v) is 5.81. The van der Waals surface area contributed by atoms with Crippen molar-refractivity contribution in [3.63, 3.8) is 0 Å². The van der Waals surface area contributed by atoms with E-state index in [1.54, 1.807) is 11.8 Å². The van der Waals surface area contributed by atoms with Gasteiger partial charge < -0.3 is 11.1 Å². The quantitative estimate of drug-likeness (QED) is 0.664. The maximum Gasteiger partial charge on any atom is 0.225 e. The first-order valence-corrected chi connectivity index (χ1v) is 12.1. The zero-order chi connectivity index (χ0) is 20.5. The van der Waals surface area contributed by atoms with Gasteiger partial charge in [0.25, 0.3) is 0 Å². The van der Waals surface area contributed by atoms with Crippen LogP contribution in [-0.2, 0) is 17.6 Å². The number of rotatable bonds is 4.